The SMILES string of the molecule is CCc1ccc(C)[n+](CC(=O)Nc2ccc(C)c(Br)c2)c1. The third kappa shape index (κ3) is 4.14. The van der Waals surface area contributed by atoms with E-state index in [1.54, 1.807) is 0 Å². The Morgan fingerprint density at radius 2 is 2.00 bits per heavy atom. The van der Waals surface area contributed by atoms with Crippen molar-refractivity contribution in [3.05, 3.63) is 57.8 Å². The molecule has 0 atom stereocenters. The van der Waals surface area contributed by atoms with Crippen LogP contribution in [-0.2, 0) is 17.8 Å². The van der Waals surface area contributed by atoms with E-state index in [1.807, 2.05) is 42.8 Å². The number of hydrogen-bond acceptors (Lipinski definition) is 1. The zero-order chi connectivity index (χ0) is 15.4. The van der Waals surface area contributed by atoms with E-state index in [4.69, 9.17) is 0 Å². The molecule has 1 heterocycles. The average molecular weight is 348 g/mol. The number of amides is 1. The molecule has 4 heteroatoms. The number of halogens is 1. The van der Waals surface area contributed by atoms with E-state index >= 15 is 0 Å². The maximum atomic E-state index is 12.2. The lowest BCUT2D eigenvalue weighted by Crippen LogP contribution is -2.43. The average Bonchev–Trinajstić information content (AvgIpc) is 2.45. The first-order chi connectivity index (χ1) is 9.99. The van der Waals surface area contributed by atoms with Crippen LogP contribution in [-0.4, -0.2) is 5.91 Å². The Morgan fingerprint density at radius 1 is 1.24 bits per heavy atom. The van der Waals surface area contributed by atoms with Crippen molar-refractivity contribution in [3.8, 4) is 0 Å². The number of anilines is 1. The zero-order valence-corrected chi connectivity index (χ0v) is 14.2. The Bertz CT molecular complexity index is 668. The maximum absolute atomic E-state index is 12.2. The van der Waals surface area contributed by atoms with Crippen LogP contribution in [0.25, 0.3) is 0 Å². The minimum atomic E-state index is -0.0212. The van der Waals surface area contributed by atoms with Gasteiger partial charge in [-0.05, 0) is 37.1 Å². The summed E-state index contributed by atoms with van der Waals surface area (Å²) in [5, 5.41) is 2.93. The molecule has 2 rings (SSSR count). The highest BCUT2D eigenvalue weighted by molar-refractivity contribution is 9.10. The molecule has 0 aliphatic carbocycles. The van der Waals surface area contributed by atoms with Crippen LogP contribution in [0.15, 0.2) is 41.0 Å². The lowest BCUT2D eigenvalue weighted by Gasteiger charge is -2.06. The molecule has 3 nitrogen and oxygen atoms in total. The number of carbonyl (C=O) groups excluding carboxylic acids is 1. The van der Waals surface area contributed by atoms with E-state index in [-0.39, 0.29) is 5.91 Å². The van der Waals surface area contributed by atoms with Crippen LogP contribution in [0.3, 0.4) is 0 Å². The fourth-order valence-corrected chi connectivity index (χ4v) is 2.45. The molecule has 0 radical (unpaired) electrons. The number of aryl methyl sites for hydroxylation is 3. The zero-order valence-electron chi connectivity index (χ0n) is 12.6. The second kappa shape index (κ2) is 6.85. The highest BCUT2D eigenvalue weighted by Crippen LogP contribution is 2.20. The summed E-state index contributed by atoms with van der Waals surface area (Å²) in [5.74, 6) is -0.0212. The number of hydrogen-bond donors (Lipinski definition) is 1. The van der Waals surface area contributed by atoms with Crippen molar-refractivity contribution in [1.82, 2.24) is 0 Å². The number of rotatable bonds is 4. The first kappa shape index (κ1) is 15.7. The Kier molecular flexibility index (Phi) is 5.12. The highest BCUT2D eigenvalue weighted by atomic mass is 79.9. The van der Waals surface area contributed by atoms with Gasteiger partial charge in [0.05, 0.1) is 0 Å². The molecular weight excluding hydrogens is 328 g/mol. The topological polar surface area (TPSA) is 33.0 Å². The van der Waals surface area contributed by atoms with Gasteiger partial charge in [-0.15, -0.1) is 0 Å². The molecule has 1 aromatic heterocycles. The summed E-state index contributed by atoms with van der Waals surface area (Å²) in [6, 6.07) is 9.97. The van der Waals surface area contributed by atoms with Gasteiger partial charge in [-0.2, -0.15) is 4.57 Å². The minimum absolute atomic E-state index is 0.0212. The standard InChI is InChI=1S/C17H19BrN2O/c1-4-14-7-6-13(3)20(10-14)11-17(21)19-15-8-5-12(2)16(18)9-15/h5-10H,4,11H2,1-3H3/p+1. The monoisotopic (exact) mass is 347 g/mol. The molecule has 2 aromatic rings. The van der Waals surface area contributed by atoms with Crippen LogP contribution in [0, 0.1) is 13.8 Å². The van der Waals surface area contributed by atoms with Gasteiger partial charge >= 0.3 is 0 Å². The van der Waals surface area contributed by atoms with Crippen LogP contribution in [0.1, 0.15) is 23.7 Å². The summed E-state index contributed by atoms with van der Waals surface area (Å²) in [6.07, 6.45) is 3.01. The molecule has 21 heavy (non-hydrogen) atoms. The number of pyridine rings is 1. The first-order valence-electron chi connectivity index (χ1n) is 7.04. The highest BCUT2D eigenvalue weighted by Gasteiger charge is 2.13. The van der Waals surface area contributed by atoms with Crippen molar-refractivity contribution in [2.75, 3.05) is 5.32 Å². The van der Waals surface area contributed by atoms with Gasteiger partial charge in [0, 0.05) is 28.7 Å². The van der Waals surface area contributed by atoms with Crippen molar-refractivity contribution in [2.45, 2.75) is 33.7 Å². The molecule has 0 saturated carbocycles. The van der Waals surface area contributed by atoms with Gasteiger partial charge in [-0.1, -0.05) is 28.9 Å². The van der Waals surface area contributed by atoms with E-state index in [1.165, 1.54) is 5.56 Å². The fourth-order valence-electron chi connectivity index (χ4n) is 2.07. The summed E-state index contributed by atoms with van der Waals surface area (Å²) >= 11 is 3.48. The summed E-state index contributed by atoms with van der Waals surface area (Å²) < 4.78 is 2.98. The summed E-state index contributed by atoms with van der Waals surface area (Å²) in [7, 11) is 0. The van der Waals surface area contributed by atoms with Gasteiger partial charge in [0.15, 0.2) is 11.9 Å². The molecule has 0 bridgehead atoms. The Morgan fingerprint density at radius 3 is 2.67 bits per heavy atom. The second-order valence-electron chi connectivity index (χ2n) is 5.17. The first-order valence-corrected chi connectivity index (χ1v) is 7.84. The van der Waals surface area contributed by atoms with Gasteiger partial charge in [0.25, 0.3) is 5.91 Å². The van der Waals surface area contributed by atoms with Gasteiger partial charge in [0.1, 0.15) is 0 Å². The van der Waals surface area contributed by atoms with E-state index < -0.39 is 0 Å². The molecule has 1 aromatic carbocycles. The smallest absolute Gasteiger partial charge is 0.290 e. The largest absolute Gasteiger partial charge is 0.321 e. The van der Waals surface area contributed by atoms with Gasteiger partial charge in [-0.25, -0.2) is 0 Å². The summed E-state index contributed by atoms with van der Waals surface area (Å²) in [4.78, 5) is 12.2. The van der Waals surface area contributed by atoms with Crippen molar-refractivity contribution in [2.24, 2.45) is 0 Å². The number of carbonyl (C=O) groups is 1. The van der Waals surface area contributed by atoms with E-state index in [0.717, 1.165) is 27.8 Å². The molecular formula is C17H20BrN2O+. The van der Waals surface area contributed by atoms with E-state index in [0.29, 0.717) is 6.54 Å². The molecule has 0 saturated heterocycles. The Balaban J connectivity index is 2.09. The minimum Gasteiger partial charge on any atom is -0.321 e. The van der Waals surface area contributed by atoms with Crippen molar-refractivity contribution < 1.29 is 9.36 Å². The van der Waals surface area contributed by atoms with Crippen LogP contribution < -0.4 is 9.88 Å². The van der Waals surface area contributed by atoms with Crippen molar-refractivity contribution >= 4 is 27.5 Å². The van der Waals surface area contributed by atoms with Gasteiger partial charge < -0.3 is 5.32 Å². The molecule has 0 spiro atoms. The lowest BCUT2D eigenvalue weighted by molar-refractivity contribution is -0.690. The van der Waals surface area contributed by atoms with Crippen LogP contribution in [0.2, 0.25) is 0 Å². The van der Waals surface area contributed by atoms with Crippen molar-refractivity contribution in [3.63, 3.8) is 0 Å². The summed E-state index contributed by atoms with van der Waals surface area (Å²) in [6.45, 7) is 6.46. The Labute approximate surface area is 134 Å². The van der Waals surface area contributed by atoms with E-state index in [9.17, 15) is 4.79 Å². The molecule has 1 amide bonds. The maximum Gasteiger partial charge on any atom is 0.290 e. The predicted molar refractivity (Wildman–Crippen MR) is 88.3 cm³/mol. The molecule has 0 fully saturated rings. The lowest BCUT2D eigenvalue weighted by atomic mass is 10.2. The van der Waals surface area contributed by atoms with Crippen LogP contribution in [0.5, 0.6) is 0 Å². The van der Waals surface area contributed by atoms with Crippen LogP contribution >= 0.6 is 15.9 Å². The normalized spacial score (nSPS) is 10.5. The second-order valence-corrected chi connectivity index (χ2v) is 6.03. The van der Waals surface area contributed by atoms with Gasteiger partial charge in [-0.3, -0.25) is 4.79 Å². The van der Waals surface area contributed by atoms with E-state index in [2.05, 4.69) is 40.3 Å². The predicted octanol–water partition coefficient (Wildman–Crippen LogP) is 3.55. The number of aromatic nitrogens is 1. The van der Waals surface area contributed by atoms with Crippen molar-refractivity contribution in [1.29, 1.82) is 0 Å². The van der Waals surface area contributed by atoms with Crippen LogP contribution in [0.4, 0.5) is 5.69 Å². The number of nitrogens with one attached hydrogen (secondary N) is 1. The fraction of sp³-hybridized carbons (Fsp3) is 0.294. The van der Waals surface area contributed by atoms with Gasteiger partial charge in [0.2, 0.25) is 6.54 Å². The number of nitrogens with zero attached hydrogens (tertiary/aromatic N) is 1. The Hall–Kier alpha value is -1.68. The molecule has 0 aliphatic heterocycles. The summed E-state index contributed by atoms with van der Waals surface area (Å²) in [5.41, 5.74) is 4.26. The molecule has 0 aliphatic rings. The quantitative estimate of drug-likeness (QED) is 0.842. The molecule has 1 N–H and O–H groups in total. The molecule has 0 unspecified atom stereocenters. The number of benzene rings is 1. The third-order valence-corrected chi connectivity index (χ3v) is 4.35. The molecule has 110 valence electrons. The third-order valence-electron chi connectivity index (χ3n) is 3.49.